The maximum Gasteiger partial charge on any atom is 0.191 e. The molecule has 2 aliphatic rings. The summed E-state index contributed by atoms with van der Waals surface area (Å²) in [6.45, 7) is 8.28. The molecule has 0 aromatic heterocycles. The van der Waals surface area contributed by atoms with Gasteiger partial charge in [-0.05, 0) is 24.0 Å². The van der Waals surface area contributed by atoms with Crippen LogP contribution in [0.4, 0.5) is 0 Å². The number of halogens is 1. The van der Waals surface area contributed by atoms with Gasteiger partial charge in [0.05, 0.1) is 32.5 Å². The Morgan fingerprint density at radius 1 is 1.17 bits per heavy atom. The van der Waals surface area contributed by atoms with Crippen LogP contribution in [-0.2, 0) is 27.3 Å². The highest BCUT2D eigenvalue weighted by molar-refractivity contribution is 14.0. The molecule has 1 aromatic rings. The van der Waals surface area contributed by atoms with Crippen molar-refractivity contribution in [1.29, 1.82) is 0 Å². The first-order valence-corrected chi connectivity index (χ1v) is 10.4. The molecule has 0 aliphatic carbocycles. The number of nitrogens with zero attached hydrogens (tertiary/aromatic N) is 2. The van der Waals surface area contributed by atoms with Gasteiger partial charge in [0.15, 0.2) is 5.96 Å². The molecule has 2 saturated heterocycles. The van der Waals surface area contributed by atoms with Crippen LogP contribution in [0.3, 0.4) is 0 Å². The first kappa shape index (κ1) is 24.3. The molecule has 0 amide bonds. The summed E-state index contributed by atoms with van der Waals surface area (Å²) in [6, 6.07) is 8.59. The number of rotatable bonds is 9. The third kappa shape index (κ3) is 8.75. The minimum Gasteiger partial charge on any atom is -0.379 e. The maximum atomic E-state index is 5.69. The van der Waals surface area contributed by atoms with Gasteiger partial charge in [0.2, 0.25) is 0 Å². The molecule has 0 saturated carbocycles. The minimum absolute atomic E-state index is 0. The standard InChI is InChI=1S/C21H34N4O3.HI/c1-22-21(23-8-12-27-17-20-7-4-11-28-20)24-15-18-5-2-3-6-19(18)16-25-9-13-26-14-10-25;/h2-3,5-6,20H,4,7-17H2,1H3,(H2,22,23,24);1H. The van der Waals surface area contributed by atoms with Crippen LogP contribution in [0.2, 0.25) is 0 Å². The molecule has 8 heteroatoms. The molecule has 1 aromatic carbocycles. The van der Waals surface area contributed by atoms with Gasteiger partial charge >= 0.3 is 0 Å². The molecular weight excluding hydrogens is 483 g/mol. The minimum atomic E-state index is 0. The van der Waals surface area contributed by atoms with Gasteiger partial charge in [-0.2, -0.15) is 0 Å². The molecule has 0 radical (unpaired) electrons. The van der Waals surface area contributed by atoms with Crippen LogP contribution in [-0.4, -0.2) is 76.7 Å². The highest BCUT2D eigenvalue weighted by Crippen LogP contribution is 2.13. The van der Waals surface area contributed by atoms with Gasteiger partial charge in [-0.25, -0.2) is 0 Å². The number of nitrogens with one attached hydrogen (secondary N) is 2. The summed E-state index contributed by atoms with van der Waals surface area (Å²) < 4.78 is 16.7. The van der Waals surface area contributed by atoms with Crippen molar-refractivity contribution in [2.75, 3.05) is 59.7 Å². The van der Waals surface area contributed by atoms with E-state index in [0.29, 0.717) is 13.2 Å². The SMILES string of the molecule is CN=C(NCCOCC1CCCO1)NCc1ccccc1CN1CCOCC1.I. The zero-order chi connectivity index (χ0) is 19.4. The number of morpholine rings is 1. The van der Waals surface area contributed by atoms with Crippen molar-refractivity contribution in [3.05, 3.63) is 35.4 Å². The number of guanidine groups is 1. The smallest absolute Gasteiger partial charge is 0.191 e. The molecular formula is C21H35IN4O3. The number of benzene rings is 1. The summed E-state index contributed by atoms with van der Waals surface area (Å²) in [5, 5.41) is 6.72. The summed E-state index contributed by atoms with van der Waals surface area (Å²) in [5.74, 6) is 0.793. The fraction of sp³-hybridized carbons (Fsp3) is 0.667. The van der Waals surface area contributed by atoms with Crippen LogP contribution in [0.1, 0.15) is 24.0 Å². The predicted octanol–water partition coefficient (Wildman–Crippen LogP) is 2.00. The number of aliphatic imine (C=N–C) groups is 1. The fourth-order valence-corrected chi connectivity index (χ4v) is 3.52. The second-order valence-electron chi connectivity index (χ2n) is 7.22. The first-order valence-electron chi connectivity index (χ1n) is 10.4. The van der Waals surface area contributed by atoms with Crippen molar-refractivity contribution in [2.45, 2.75) is 32.0 Å². The average molecular weight is 518 g/mol. The van der Waals surface area contributed by atoms with E-state index in [9.17, 15) is 0 Å². The molecule has 2 N–H and O–H groups in total. The topological polar surface area (TPSA) is 67.4 Å². The number of ether oxygens (including phenoxy) is 3. The normalized spacial score (nSPS) is 20.3. The van der Waals surface area contributed by atoms with Crippen LogP contribution in [0.5, 0.6) is 0 Å². The Bertz CT molecular complexity index is 605. The molecule has 3 rings (SSSR count). The highest BCUT2D eigenvalue weighted by Gasteiger charge is 2.15. The molecule has 2 aliphatic heterocycles. The lowest BCUT2D eigenvalue weighted by Gasteiger charge is -2.27. The zero-order valence-corrected chi connectivity index (χ0v) is 19.7. The van der Waals surface area contributed by atoms with Gasteiger partial charge in [-0.1, -0.05) is 24.3 Å². The van der Waals surface area contributed by atoms with E-state index in [1.165, 1.54) is 11.1 Å². The number of hydrogen-bond acceptors (Lipinski definition) is 5. The van der Waals surface area contributed by atoms with Gasteiger partial charge in [-0.3, -0.25) is 9.89 Å². The van der Waals surface area contributed by atoms with Gasteiger partial charge in [-0.15, -0.1) is 24.0 Å². The first-order chi connectivity index (χ1) is 13.8. The summed E-state index contributed by atoms with van der Waals surface area (Å²) in [4.78, 5) is 6.76. The molecule has 7 nitrogen and oxygen atoms in total. The lowest BCUT2D eigenvalue weighted by atomic mass is 10.1. The fourth-order valence-electron chi connectivity index (χ4n) is 3.52. The maximum absolute atomic E-state index is 5.69. The molecule has 2 heterocycles. The lowest BCUT2D eigenvalue weighted by Crippen LogP contribution is -2.39. The van der Waals surface area contributed by atoms with Crippen molar-refractivity contribution in [3.63, 3.8) is 0 Å². The van der Waals surface area contributed by atoms with Crippen molar-refractivity contribution in [2.24, 2.45) is 4.99 Å². The Morgan fingerprint density at radius 3 is 2.69 bits per heavy atom. The van der Waals surface area contributed by atoms with Gasteiger partial charge in [0, 0.05) is 46.4 Å². The Labute approximate surface area is 191 Å². The third-order valence-corrected chi connectivity index (χ3v) is 5.15. The van der Waals surface area contributed by atoms with Crippen molar-refractivity contribution in [1.82, 2.24) is 15.5 Å². The average Bonchev–Trinajstić information content (AvgIpc) is 3.25. The molecule has 0 spiro atoms. The molecule has 1 atom stereocenters. The lowest BCUT2D eigenvalue weighted by molar-refractivity contribution is 0.0191. The Balaban J connectivity index is 0.00000300. The van der Waals surface area contributed by atoms with E-state index in [4.69, 9.17) is 14.2 Å². The van der Waals surface area contributed by atoms with E-state index in [1.807, 2.05) is 0 Å². The van der Waals surface area contributed by atoms with Crippen molar-refractivity contribution in [3.8, 4) is 0 Å². The second kappa shape index (κ2) is 14.1. The zero-order valence-electron chi connectivity index (χ0n) is 17.4. The van der Waals surface area contributed by atoms with E-state index in [-0.39, 0.29) is 30.1 Å². The summed E-state index contributed by atoms with van der Waals surface area (Å²) in [7, 11) is 1.79. The van der Waals surface area contributed by atoms with Crippen LogP contribution >= 0.6 is 24.0 Å². The molecule has 29 heavy (non-hydrogen) atoms. The third-order valence-electron chi connectivity index (χ3n) is 5.15. The van der Waals surface area contributed by atoms with Crippen LogP contribution in [0, 0.1) is 0 Å². The van der Waals surface area contributed by atoms with Crippen molar-refractivity contribution < 1.29 is 14.2 Å². The van der Waals surface area contributed by atoms with E-state index in [1.54, 1.807) is 7.05 Å². The quantitative estimate of drug-likeness (QED) is 0.226. The van der Waals surface area contributed by atoms with Crippen molar-refractivity contribution >= 4 is 29.9 Å². The largest absolute Gasteiger partial charge is 0.379 e. The van der Waals surface area contributed by atoms with E-state index in [2.05, 4.69) is 44.8 Å². The van der Waals surface area contributed by atoms with E-state index in [0.717, 1.165) is 71.3 Å². The Hall–Kier alpha value is -0.940. The molecule has 164 valence electrons. The second-order valence-corrected chi connectivity index (χ2v) is 7.22. The Morgan fingerprint density at radius 2 is 1.97 bits per heavy atom. The molecule has 0 bridgehead atoms. The van der Waals surface area contributed by atoms with E-state index >= 15 is 0 Å². The predicted molar refractivity (Wildman–Crippen MR) is 126 cm³/mol. The highest BCUT2D eigenvalue weighted by atomic mass is 127. The summed E-state index contributed by atoms with van der Waals surface area (Å²) >= 11 is 0. The van der Waals surface area contributed by atoms with E-state index < -0.39 is 0 Å². The van der Waals surface area contributed by atoms with Gasteiger partial charge in [0.25, 0.3) is 0 Å². The van der Waals surface area contributed by atoms with Crippen LogP contribution < -0.4 is 10.6 Å². The molecule has 2 fully saturated rings. The molecule has 1 unspecified atom stereocenters. The summed E-state index contributed by atoms with van der Waals surface area (Å²) in [5.41, 5.74) is 2.65. The number of hydrogen-bond donors (Lipinski definition) is 2. The summed E-state index contributed by atoms with van der Waals surface area (Å²) in [6.07, 6.45) is 2.54. The monoisotopic (exact) mass is 518 g/mol. The van der Waals surface area contributed by atoms with Crippen LogP contribution in [0.15, 0.2) is 29.3 Å². The van der Waals surface area contributed by atoms with Crippen LogP contribution in [0.25, 0.3) is 0 Å². The van der Waals surface area contributed by atoms with Gasteiger partial charge < -0.3 is 24.8 Å². The van der Waals surface area contributed by atoms with Gasteiger partial charge in [0.1, 0.15) is 0 Å². The Kier molecular flexibility index (Phi) is 11.9.